The van der Waals surface area contributed by atoms with Gasteiger partial charge in [-0.2, -0.15) is 5.10 Å². The van der Waals surface area contributed by atoms with Gasteiger partial charge in [0.2, 0.25) is 0 Å². The van der Waals surface area contributed by atoms with Crippen molar-refractivity contribution in [3.05, 3.63) is 53.1 Å². The molecular weight excluding hydrogens is 327 g/mol. The highest BCUT2D eigenvalue weighted by Crippen LogP contribution is 2.52. The van der Waals surface area contributed by atoms with Gasteiger partial charge in [-0.25, -0.2) is 9.07 Å². The molecule has 0 aliphatic heterocycles. The molecule has 1 heterocycles. The van der Waals surface area contributed by atoms with Gasteiger partial charge < -0.3 is 5.11 Å². The summed E-state index contributed by atoms with van der Waals surface area (Å²) in [7, 11) is 0. The fourth-order valence-electron chi connectivity index (χ4n) is 4.62. The molecule has 3 atom stereocenters. The number of rotatable bonds is 2. The van der Waals surface area contributed by atoms with Crippen molar-refractivity contribution in [2.45, 2.75) is 45.6 Å². The van der Waals surface area contributed by atoms with E-state index in [0.717, 1.165) is 37.1 Å². The van der Waals surface area contributed by atoms with Crippen LogP contribution in [-0.2, 0) is 6.42 Å². The van der Waals surface area contributed by atoms with Crippen LogP contribution in [0.4, 0.5) is 4.39 Å². The Bertz CT molecular complexity index is 916. The lowest BCUT2D eigenvalue weighted by molar-refractivity contribution is 0.0588. The van der Waals surface area contributed by atoms with Crippen molar-refractivity contribution < 1.29 is 9.50 Å². The number of hydrogen-bond acceptors (Lipinski definition) is 2. The van der Waals surface area contributed by atoms with Crippen molar-refractivity contribution in [3.8, 4) is 17.5 Å². The van der Waals surface area contributed by atoms with Gasteiger partial charge in [0.25, 0.3) is 0 Å². The lowest BCUT2D eigenvalue weighted by atomic mass is 9.58. The highest BCUT2D eigenvalue weighted by atomic mass is 19.1. The van der Waals surface area contributed by atoms with Crippen molar-refractivity contribution >= 4 is 6.08 Å². The van der Waals surface area contributed by atoms with E-state index in [0.29, 0.717) is 0 Å². The summed E-state index contributed by atoms with van der Waals surface area (Å²) < 4.78 is 15.1. The van der Waals surface area contributed by atoms with Crippen LogP contribution in [0.25, 0.3) is 11.8 Å². The van der Waals surface area contributed by atoms with Crippen molar-refractivity contribution in [2.75, 3.05) is 0 Å². The van der Waals surface area contributed by atoms with Crippen LogP contribution < -0.4 is 0 Å². The maximum atomic E-state index is 13.2. The summed E-state index contributed by atoms with van der Waals surface area (Å²) in [4.78, 5) is 0. The Kier molecular flexibility index (Phi) is 4.20. The van der Waals surface area contributed by atoms with Gasteiger partial charge in [0.05, 0.1) is 17.6 Å². The molecule has 134 valence electrons. The van der Waals surface area contributed by atoms with Gasteiger partial charge in [-0.1, -0.05) is 18.4 Å². The minimum atomic E-state index is -0.595. The second-order valence-corrected chi connectivity index (χ2v) is 7.54. The maximum Gasteiger partial charge on any atom is 0.123 e. The van der Waals surface area contributed by atoms with Crippen LogP contribution in [0.5, 0.6) is 0 Å². The number of fused-ring (bicyclic) bond motifs is 2. The standard InChI is InChI=1S/C22H23FN2O/c1-3-5-21(26)19-7-4-6-16-12-20-15(13-22(16,19)2)14-24-25(20)18-10-8-17(23)9-11-18/h8-12,14,19,21,26H,4,6-7,13H2,1-2H3/t19-,21+,22+/m1/s1. The summed E-state index contributed by atoms with van der Waals surface area (Å²) in [6.45, 7) is 4.03. The first kappa shape index (κ1) is 17.1. The predicted octanol–water partition coefficient (Wildman–Crippen LogP) is 4.14. The molecule has 1 N–H and O–H groups in total. The van der Waals surface area contributed by atoms with Gasteiger partial charge in [-0.15, -0.1) is 5.92 Å². The topological polar surface area (TPSA) is 38.1 Å². The van der Waals surface area contributed by atoms with E-state index in [1.807, 2.05) is 10.9 Å². The van der Waals surface area contributed by atoms with E-state index in [9.17, 15) is 9.50 Å². The molecule has 0 saturated heterocycles. The maximum absolute atomic E-state index is 13.2. The monoisotopic (exact) mass is 350 g/mol. The molecule has 1 saturated carbocycles. The summed E-state index contributed by atoms with van der Waals surface area (Å²) in [6, 6.07) is 6.41. The van der Waals surface area contributed by atoms with E-state index in [2.05, 4.69) is 29.9 Å². The molecule has 2 aliphatic carbocycles. The Hall–Kier alpha value is -2.38. The predicted molar refractivity (Wildman–Crippen MR) is 100 cm³/mol. The van der Waals surface area contributed by atoms with E-state index in [1.54, 1.807) is 19.1 Å². The van der Waals surface area contributed by atoms with Crippen LogP contribution in [0.3, 0.4) is 0 Å². The molecule has 0 spiro atoms. The largest absolute Gasteiger partial charge is 0.380 e. The Balaban J connectivity index is 1.75. The SMILES string of the molecule is CC#C[C@H](O)[C@H]1CCCC2=Cc3c(cnn3-c3ccc(F)cc3)C[C@@]21C. The van der Waals surface area contributed by atoms with Crippen LogP contribution in [0.1, 0.15) is 44.4 Å². The molecule has 1 fully saturated rings. The summed E-state index contributed by atoms with van der Waals surface area (Å²) in [5, 5.41) is 15.1. The average Bonchev–Trinajstić information content (AvgIpc) is 3.01. The summed E-state index contributed by atoms with van der Waals surface area (Å²) >= 11 is 0. The molecule has 3 nitrogen and oxygen atoms in total. The van der Waals surface area contributed by atoms with Gasteiger partial charge in [0.15, 0.2) is 0 Å². The highest BCUT2D eigenvalue weighted by Gasteiger charge is 2.45. The second kappa shape index (κ2) is 6.41. The zero-order valence-corrected chi connectivity index (χ0v) is 15.2. The van der Waals surface area contributed by atoms with Crippen LogP contribution in [0, 0.1) is 29.0 Å². The molecule has 2 aromatic rings. The summed E-state index contributed by atoms with van der Waals surface area (Å²) in [5.41, 5.74) is 4.37. The van der Waals surface area contributed by atoms with Gasteiger partial charge in [0, 0.05) is 5.92 Å². The number of aliphatic hydroxyl groups is 1. The second-order valence-electron chi connectivity index (χ2n) is 7.54. The molecule has 4 heteroatoms. The first-order valence-electron chi connectivity index (χ1n) is 9.17. The van der Waals surface area contributed by atoms with E-state index in [-0.39, 0.29) is 17.2 Å². The lowest BCUT2D eigenvalue weighted by Crippen LogP contribution is -2.42. The highest BCUT2D eigenvalue weighted by molar-refractivity contribution is 5.61. The number of allylic oxidation sites excluding steroid dienone is 1. The first-order chi connectivity index (χ1) is 12.5. The van der Waals surface area contributed by atoms with Crippen LogP contribution in [0.2, 0.25) is 0 Å². The number of benzene rings is 1. The van der Waals surface area contributed by atoms with E-state index in [1.165, 1.54) is 23.3 Å². The van der Waals surface area contributed by atoms with Crippen molar-refractivity contribution in [2.24, 2.45) is 11.3 Å². The molecule has 0 radical (unpaired) electrons. The average molecular weight is 350 g/mol. The Morgan fingerprint density at radius 2 is 2.12 bits per heavy atom. The van der Waals surface area contributed by atoms with E-state index in [4.69, 9.17) is 0 Å². The third-order valence-electron chi connectivity index (χ3n) is 6.01. The smallest absolute Gasteiger partial charge is 0.123 e. The number of aromatic nitrogens is 2. The van der Waals surface area contributed by atoms with Gasteiger partial charge in [-0.3, -0.25) is 0 Å². The number of hydrogen-bond donors (Lipinski definition) is 1. The minimum absolute atomic E-state index is 0.0921. The third-order valence-corrected chi connectivity index (χ3v) is 6.01. The molecule has 2 aliphatic rings. The Morgan fingerprint density at radius 3 is 2.85 bits per heavy atom. The lowest BCUT2D eigenvalue weighted by Gasteiger charge is -2.46. The molecule has 26 heavy (non-hydrogen) atoms. The number of aliphatic hydroxyl groups excluding tert-OH is 1. The van der Waals surface area contributed by atoms with Crippen molar-refractivity contribution in [1.82, 2.24) is 9.78 Å². The minimum Gasteiger partial charge on any atom is -0.380 e. The third kappa shape index (κ3) is 2.68. The quantitative estimate of drug-likeness (QED) is 0.827. The van der Waals surface area contributed by atoms with Crippen LogP contribution in [-0.4, -0.2) is 21.0 Å². The molecule has 4 rings (SSSR count). The normalized spacial score (nSPS) is 25.4. The zero-order chi connectivity index (χ0) is 18.3. The first-order valence-corrected chi connectivity index (χ1v) is 9.17. The van der Waals surface area contributed by atoms with Crippen molar-refractivity contribution in [3.63, 3.8) is 0 Å². The molecule has 1 aromatic heterocycles. The van der Waals surface area contributed by atoms with Gasteiger partial charge in [-0.05, 0) is 73.9 Å². The number of nitrogens with zero attached hydrogens (tertiary/aromatic N) is 2. The summed E-state index contributed by atoms with van der Waals surface area (Å²) in [6.07, 6.45) is 7.48. The molecule has 0 unspecified atom stereocenters. The fourth-order valence-corrected chi connectivity index (χ4v) is 4.62. The Labute approximate surface area is 153 Å². The molecule has 0 bridgehead atoms. The van der Waals surface area contributed by atoms with Crippen molar-refractivity contribution in [1.29, 1.82) is 0 Å². The van der Waals surface area contributed by atoms with E-state index < -0.39 is 6.10 Å². The number of halogens is 1. The molecule has 0 amide bonds. The Morgan fingerprint density at radius 1 is 1.35 bits per heavy atom. The van der Waals surface area contributed by atoms with Gasteiger partial charge in [0.1, 0.15) is 11.9 Å². The zero-order valence-electron chi connectivity index (χ0n) is 15.2. The molecular formula is C22H23FN2O. The van der Waals surface area contributed by atoms with Crippen LogP contribution in [0.15, 0.2) is 36.0 Å². The fraction of sp³-hybridized carbons (Fsp3) is 0.409. The van der Waals surface area contributed by atoms with E-state index >= 15 is 0 Å². The summed E-state index contributed by atoms with van der Waals surface area (Å²) in [5.74, 6) is 5.70. The van der Waals surface area contributed by atoms with Gasteiger partial charge >= 0.3 is 0 Å². The molecule has 1 aromatic carbocycles. The van der Waals surface area contributed by atoms with Crippen LogP contribution >= 0.6 is 0 Å².